The highest BCUT2D eigenvalue weighted by Crippen LogP contribution is 1.90. The van der Waals surface area contributed by atoms with Crippen molar-refractivity contribution in [3.8, 4) is 6.07 Å². The zero-order chi connectivity index (χ0) is 6.62. The van der Waals surface area contributed by atoms with E-state index < -0.39 is 20.8 Å². The molecule has 0 atom stereocenters. The van der Waals surface area contributed by atoms with Gasteiger partial charge >= 0.3 is 0 Å². The molecule has 0 saturated carbocycles. The van der Waals surface area contributed by atoms with Crippen LogP contribution in [0.15, 0.2) is 0 Å². The number of hydrogen-bond acceptors (Lipinski definition) is 3. The Morgan fingerprint density at radius 2 is 2.12 bits per heavy atom. The molecule has 0 aromatic rings. The lowest BCUT2D eigenvalue weighted by molar-refractivity contribution is 0.603. The molecule has 0 aliphatic rings. The van der Waals surface area contributed by atoms with Gasteiger partial charge in [-0.2, -0.15) is 5.26 Å². The fraction of sp³-hybridized carbons (Fsp3) is 0.667. The van der Waals surface area contributed by atoms with Crippen molar-refractivity contribution in [2.75, 3.05) is 11.0 Å². The second kappa shape index (κ2) is 2.90. The minimum absolute atomic E-state index is 0.472. The van der Waals surface area contributed by atoms with Gasteiger partial charge in [-0.25, -0.2) is 8.42 Å². The van der Waals surface area contributed by atoms with E-state index in [1.165, 1.54) is 6.07 Å². The lowest BCUT2D eigenvalue weighted by Crippen LogP contribution is -2.04. The third kappa shape index (κ3) is 2.83. The van der Waals surface area contributed by atoms with E-state index in [0.717, 1.165) is 0 Å². The zero-order valence-electron chi connectivity index (χ0n) is 3.96. The molecule has 0 unspecified atom stereocenters. The molecule has 0 bridgehead atoms. The first-order valence-electron chi connectivity index (χ1n) is 1.76. The van der Waals surface area contributed by atoms with Crippen LogP contribution in [-0.4, -0.2) is 19.4 Å². The Hall–Kier alpha value is -0.270. The first kappa shape index (κ1) is 7.73. The second-order valence-electron chi connectivity index (χ2n) is 1.16. The molecular formula is C3H4ClNO2S. The van der Waals surface area contributed by atoms with E-state index in [0.29, 0.717) is 0 Å². The molecule has 0 aliphatic heterocycles. The number of nitriles is 1. The molecule has 0 saturated heterocycles. The number of rotatable bonds is 2. The lowest BCUT2D eigenvalue weighted by Gasteiger charge is -1.85. The van der Waals surface area contributed by atoms with Gasteiger partial charge in [0.1, 0.15) is 11.0 Å². The van der Waals surface area contributed by atoms with Crippen LogP contribution in [0.25, 0.3) is 0 Å². The molecule has 0 spiro atoms. The van der Waals surface area contributed by atoms with E-state index >= 15 is 0 Å². The van der Waals surface area contributed by atoms with Crippen molar-refractivity contribution in [1.82, 2.24) is 0 Å². The molecule has 5 heteroatoms. The van der Waals surface area contributed by atoms with E-state index in [1.54, 1.807) is 0 Å². The fourth-order valence-electron chi connectivity index (χ4n) is 0.137. The van der Waals surface area contributed by atoms with Gasteiger partial charge in [0.25, 0.3) is 0 Å². The molecular weight excluding hydrogens is 150 g/mol. The summed E-state index contributed by atoms with van der Waals surface area (Å²) in [5, 5.41) is 7.37. The van der Waals surface area contributed by atoms with Crippen LogP contribution in [0.2, 0.25) is 0 Å². The molecule has 0 amide bonds. The van der Waals surface area contributed by atoms with Crippen molar-refractivity contribution in [3.63, 3.8) is 0 Å². The average molecular weight is 154 g/mol. The fourth-order valence-corrected chi connectivity index (χ4v) is 0.642. The standard InChI is InChI=1S/C3H4ClNO2S/c4-3-8(6,7)2-1-5/h2-3H2. The van der Waals surface area contributed by atoms with Gasteiger partial charge in [-0.3, -0.25) is 0 Å². The smallest absolute Gasteiger partial charge is 0.177 e. The van der Waals surface area contributed by atoms with E-state index in [1.807, 2.05) is 0 Å². The number of hydrogen-bond donors (Lipinski definition) is 0. The Morgan fingerprint density at radius 3 is 2.25 bits per heavy atom. The SMILES string of the molecule is N#CCS(=O)(=O)CCl. The molecule has 0 aliphatic carbocycles. The van der Waals surface area contributed by atoms with Gasteiger partial charge in [0.05, 0.1) is 6.07 Å². The van der Waals surface area contributed by atoms with Gasteiger partial charge < -0.3 is 0 Å². The molecule has 0 radical (unpaired) electrons. The molecule has 0 heterocycles. The summed E-state index contributed by atoms with van der Waals surface area (Å²) in [6, 6.07) is 1.49. The monoisotopic (exact) mass is 153 g/mol. The van der Waals surface area contributed by atoms with Crippen LogP contribution in [0.5, 0.6) is 0 Å². The average Bonchev–Trinajstić information content (AvgIpc) is 1.67. The second-order valence-corrected chi connectivity index (χ2v) is 3.80. The summed E-state index contributed by atoms with van der Waals surface area (Å²) >= 11 is 4.93. The highest BCUT2D eigenvalue weighted by molar-refractivity contribution is 7.92. The molecule has 8 heavy (non-hydrogen) atoms. The Balaban J connectivity index is 4.01. The van der Waals surface area contributed by atoms with Crippen molar-refractivity contribution in [2.24, 2.45) is 0 Å². The van der Waals surface area contributed by atoms with Gasteiger partial charge in [0, 0.05) is 0 Å². The van der Waals surface area contributed by atoms with E-state index in [-0.39, 0.29) is 0 Å². The van der Waals surface area contributed by atoms with Crippen LogP contribution in [0.4, 0.5) is 0 Å². The third-order valence-corrected chi connectivity index (χ3v) is 2.35. The van der Waals surface area contributed by atoms with Crippen molar-refractivity contribution in [1.29, 1.82) is 5.26 Å². The largest absolute Gasteiger partial charge is 0.227 e. The molecule has 0 aromatic carbocycles. The van der Waals surface area contributed by atoms with Crippen molar-refractivity contribution < 1.29 is 8.42 Å². The Morgan fingerprint density at radius 1 is 1.62 bits per heavy atom. The molecule has 3 nitrogen and oxygen atoms in total. The summed E-state index contributed by atoms with van der Waals surface area (Å²) in [4.78, 5) is 0. The summed E-state index contributed by atoms with van der Waals surface area (Å²) in [7, 11) is -3.27. The maximum absolute atomic E-state index is 10.2. The topological polar surface area (TPSA) is 57.9 Å². The molecule has 46 valence electrons. The zero-order valence-corrected chi connectivity index (χ0v) is 5.54. The van der Waals surface area contributed by atoms with Crippen LogP contribution >= 0.6 is 11.6 Å². The summed E-state index contributed by atoms with van der Waals surface area (Å²) in [5.41, 5.74) is 0. The van der Waals surface area contributed by atoms with Gasteiger partial charge in [-0.15, -0.1) is 11.6 Å². The lowest BCUT2D eigenvalue weighted by atomic mass is 10.9. The van der Waals surface area contributed by atoms with Crippen LogP contribution in [0.1, 0.15) is 0 Å². The maximum Gasteiger partial charge on any atom is 0.177 e. The van der Waals surface area contributed by atoms with E-state index in [2.05, 4.69) is 0 Å². The van der Waals surface area contributed by atoms with Crippen LogP contribution in [-0.2, 0) is 9.84 Å². The minimum Gasteiger partial charge on any atom is -0.227 e. The molecule has 0 fully saturated rings. The van der Waals surface area contributed by atoms with Crippen LogP contribution in [0, 0.1) is 11.3 Å². The van der Waals surface area contributed by atoms with Gasteiger partial charge in [-0.05, 0) is 0 Å². The Kier molecular flexibility index (Phi) is 2.80. The highest BCUT2D eigenvalue weighted by atomic mass is 35.5. The molecule has 0 aromatic heterocycles. The van der Waals surface area contributed by atoms with Gasteiger partial charge in [-0.1, -0.05) is 0 Å². The number of sulfone groups is 1. The molecule has 0 rings (SSSR count). The molecule has 0 N–H and O–H groups in total. The van der Waals surface area contributed by atoms with Crippen molar-refractivity contribution in [2.45, 2.75) is 0 Å². The minimum atomic E-state index is -3.27. The Labute approximate surface area is 52.8 Å². The normalized spacial score (nSPS) is 10.5. The summed E-state index contributed by atoms with van der Waals surface area (Å²) in [5.74, 6) is -0.490. The van der Waals surface area contributed by atoms with Gasteiger partial charge in [0.2, 0.25) is 0 Å². The predicted octanol–water partition coefficient (Wildman–Crippen LogP) is 0.121. The van der Waals surface area contributed by atoms with Crippen molar-refractivity contribution >= 4 is 21.4 Å². The van der Waals surface area contributed by atoms with Gasteiger partial charge in [0.15, 0.2) is 9.84 Å². The number of alkyl halides is 1. The third-order valence-electron chi connectivity index (χ3n) is 0.451. The number of nitrogens with zero attached hydrogens (tertiary/aromatic N) is 1. The number of halogens is 1. The summed E-state index contributed by atoms with van der Waals surface area (Å²) in [6.07, 6.45) is 0. The summed E-state index contributed by atoms with van der Waals surface area (Å²) < 4.78 is 20.5. The van der Waals surface area contributed by atoms with E-state index in [9.17, 15) is 8.42 Å². The van der Waals surface area contributed by atoms with E-state index in [4.69, 9.17) is 16.9 Å². The first-order chi connectivity index (χ1) is 3.62. The Bertz CT molecular complexity index is 190. The first-order valence-corrected chi connectivity index (χ1v) is 4.11. The maximum atomic E-state index is 10.2. The van der Waals surface area contributed by atoms with Crippen LogP contribution < -0.4 is 0 Å². The van der Waals surface area contributed by atoms with Crippen LogP contribution in [0.3, 0.4) is 0 Å². The quantitative estimate of drug-likeness (QED) is 0.530. The highest BCUT2D eigenvalue weighted by Gasteiger charge is 2.05. The predicted molar refractivity (Wildman–Crippen MR) is 30.1 cm³/mol. The summed E-state index contributed by atoms with van der Waals surface area (Å²) in [6.45, 7) is 0. The van der Waals surface area contributed by atoms with Crippen molar-refractivity contribution in [3.05, 3.63) is 0 Å².